The normalized spacial score (nSPS) is 12.6. The van der Waals surface area contributed by atoms with Gasteiger partial charge in [-0.1, -0.05) is 28.4 Å². The SMILES string of the molecule is CC(NCCc1ncno1)c1cc(Cl)ccc1Cl. The van der Waals surface area contributed by atoms with Crippen LogP contribution < -0.4 is 5.32 Å². The molecule has 0 saturated heterocycles. The molecule has 1 N–H and O–H groups in total. The number of hydrogen-bond acceptors (Lipinski definition) is 4. The van der Waals surface area contributed by atoms with Crippen molar-refractivity contribution in [3.8, 4) is 0 Å². The second-order valence-electron chi connectivity index (χ2n) is 3.93. The van der Waals surface area contributed by atoms with Crippen LogP contribution in [-0.2, 0) is 6.42 Å². The second-order valence-corrected chi connectivity index (χ2v) is 4.77. The van der Waals surface area contributed by atoms with E-state index in [1.54, 1.807) is 12.1 Å². The van der Waals surface area contributed by atoms with Gasteiger partial charge in [-0.2, -0.15) is 4.98 Å². The van der Waals surface area contributed by atoms with Crippen molar-refractivity contribution in [3.63, 3.8) is 0 Å². The van der Waals surface area contributed by atoms with Crippen LogP contribution in [0.15, 0.2) is 29.0 Å². The van der Waals surface area contributed by atoms with E-state index < -0.39 is 0 Å². The van der Waals surface area contributed by atoms with Crippen LogP contribution >= 0.6 is 23.2 Å². The van der Waals surface area contributed by atoms with Gasteiger partial charge >= 0.3 is 0 Å². The highest BCUT2D eigenvalue weighted by atomic mass is 35.5. The van der Waals surface area contributed by atoms with Gasteiger partial charge in [0.25, 0.3) is 0 Å². The maximum Gasteiger partial charge on any atom is 0.227 e. The molecule has 2 rings (SSSR count). The third-order valence-electron chi connectivity index (χ3n) is 2.62. The zero-order valence-electron chi connectivity index (χ0n) is 9.86. The Balaban J connectivity index is 1.91. The third-order valence-corrected chi connectivity index (χ3v) is 3.20. The molecule has 0 spiro atoms. The molecule has 0 fully saturated rings. The van der Waals surface area contributed by atoms with Gasteiger partial charge in [0, 0.05) is 29.1 Å². The van der Waals surface area contributed by atoms with Gasteiger partial charge in [-0.05, 0) is 30.7 Å². The van der Waals surface area contributed by atoms with Gasteiger partial charge in [-0.25, -0.2) is 0 Å². The molecule has 4 nitrogen and oxygen atoms in total. The molecule has 1 heterocycles. The molecular weight excluding hydrogens is 273 g/mol. The van der Waals surface area contributed by atoms with Crippen molar-refractivity contribution >= 4 is 23.2 Å². The van der Waals surface area contributed by atoms with Gasteiger partial charge in [-0.15, -0.1) is 0 Å². The Morgan fingerprint density at radius 2 is 2.22 bits per heavy atom. The van der Waals surface area contributed by atoms with Crippen LogP contribution in [0.2, 0.25) is 10.0 Å². The van der Waals surface area contributed by atoms with Gasteiger partial charge in [0.15, 0.2) is 6.33 Å². The second kappa shape index (κ2) is 6.18. The summed E-state index contributed by atoms with van der Waals surface area (Å²) in [6.45, 7) is 2.76. The summed E-state index contributed by atoms with van der Waals surface area (Å²) in [5, 5.41) is 8.27. The van der Waals surface area contributed by atoms with Crippen LogP contribution in [0.25, 0.3) is 0 Å². The zero-order chi connectivity index (χ0) is 13.0. The highest BCUT2D eigenvalue weighted by Crippen LogP contribution is 2.25. The maximum absolute atomic E-state index is 6.13. The summed E-state index contributed by atoms with van der Waals surface area (Å²) in [6, 6.07) is 5.56. The first kappa shape index (κ1) is 13.3. The van der Waals surface area contributed by atoms with Crippen molar-refractivity contribution in [2.75, 3.05) is 6.54 Å². The van der Waals surface area contributed by atoms with E-state index >= 15 is 0 Å². The van der Waals surface area contributed by atoms with Crippen molar-refractivity contribution in [2.24, 2.45) is 0 Å². The minimum Gasteiger partial charge on any atom is -0.340 e. The Bertz CT molecular complexity index is 502. The third kappa shape index (κ3) is 3.45. The minimum absolute atomic E-state index is 0.110. The Morgan fingerprint density at radius 1 is 1.39 bits per heavy atom. The van der Waals surface area contributed by atoms with E-state index in [1.807, 2.05) is 13.0 Å². The van der Waals surface area contributed by atoms with Crippen LogP contribution in [0, 0.1) is 0 Å². The van der Waals surface area contributed by atoms with E-state index in [9.17, 15) is 0 Å². The lowest BCUT2D eigenvalue weighted by Crippen LogP contribution is -2.21. The molecule has 96 valence electrons. The van der Waals surface area contributed by atoms with Gasteiger partial charge in [-0.3, -0.25) is 0 Å². The van der Waals surface area contributed by atoms with Crippen LogP contribution in [-0.4, -0.2) is 16.7 Å². The Morgan fingerprint density at radius 3 is 2.94 bits per heavy atom. The van der Waals surface area contributed by atoms with Crippen LogP contribution in [0.5, 0.6) is 0 Å². The van der Waals surface area contributed by atoms with E-state index in [0.29, 0.717) is 22.4 Å². The van der Waals surface area contributed by atoms with Crippen molar-refractivity contribution < 1.29 is 4.52 Å². The number of rotatable bonds is 5. The average molecular weight is 286 g/mol. The average Bonchev–Trinajstić information content (AvgIpc) is 2.85. The van der Waals surface area contributed by atoms with Crippen molar-refractivity contribution in [1.82, 2.24) is 15.5 Å². The van der Waals surface area contributed by atoms with Crippen molar-refractivity contribution in [2.45, 2.75) is 19.4 Å². The first-order valence-corrected chi connectivity index (χ1v) is 6.36. The molecule has 0 aliphatic carbocycles. The highest BCUT2D eigenvalue weighted by Gasteiger charge is 2.10. The van der Waals surface area contributed by atoms with E-state index in [-0.39, 0.29) is 6.04 Å². The summed E-state index contributed by atoms with van der Waals surface area (Å²) in [6.07, 6.45) is 2.08. The smallest absolute Gasteiger partial charge is 0.227 e. The molecule has 1 unspecified atom stereocenters. The predicted octanol–water partition coefficient (Wildman–Crippen LogP) is 3.27. The molecule has 0 radical (unpaired) electrons. The number of hydrogen-bond donors (Lipinski definition) is 1. The summed E-state index contributed by atoms with van der Waals surface area (Å²) < 4.78 is 4.92. The number of nitrogens with one attached hydrogen (secondary N) is 1. The molecule has 6 heteroatoms. The van der Waals surface area contributed by atoms with Gasteiger partial charge in [0.2, 0.25) is 5.89 Å². The largest absolute Gasteiger partial charge is 0.340 e. The minimum atomic E-state index is 0.110. The molecule has 1 atom stereocenters. The quantitative estimate of drug-likeness (QED) is 0.916. The number of halogens is 2. The molecule has 0 saturated carbocycles. The summed E-state index contributed by atoms with van der Waals surface area (Å²) in [4.78, 5) is 3.95. The van der Waals surface area contributed by atoms with E-state index in [4.69, 9.17) is 27.7 Å². The van der Waals surface area contributed by atoms with Gasteiger partial charge in [0.05, 0.1) is 0 Å². The summed E-state index contributed by atoms with van der Waals surface area (Å²) >= 11 is 12.1. The lowest BCUT2D eigenvalue weighted by Gasteiger charge is -2.15. The Hall–Kier alpha value is -1.10. The van der Waals surface area contributed by atoms with E-state index in [0.717, 1.165) is 12.1 Å². The fourth-order valence-corrected chi connectivity index (χ4v) is 2.12. The van der Waals surface area contributed by atoms with Gasteiger partial charge < -0.3 is 9.84 Å². The topological polar surface area (TPSA) is 51.0 Å². The van der Waals surface area contributed by atoms with Crippen LogP contribution in [0.1, 0.15) is 24.4 Å². The molecule has 0 aliphatic rings. The van der Waals surface area contributed by atoms with Crippen LogP contribution in [0.3, 0.4) is 0 Å². The lowest BCUT2D eigenvalue weighted by atomic mass is 10.1. The Labute approximate surface area is 115 Å². The molecule has 0 amide bonds. The predicted molar refractivity (Wildman–Crippen MR) is 70.9 cm³/mol. The number of benzene rings is 1. The molecular formula is C12H13Cl2N3O. The molecule has 0 aliphatic heterocycles. The van der Waals surface area contributed by atoms with Crippen LogP contribution in [0.4, 0.5) is 0 Å². The van der Waals surface area contributed by atoms with E-state index in [2.05, 4.69) is 15.5 Å². The Kier molecular flexibility index (Phi) is 4.58. The fourth-order valence-electron chi connectivity index (χ4n) is 1.66. The standard InChI is InChI=1S/C12H13Cl2N3O/c1-8(10-6-9(13)2-3-11(10)14)15-5-4-12-16-7-17-18-12/h2-3,6-8,15H,4-5H2,1H3. The van der Waals surface area contributed by atoms with E-state index in [1.165, 1.54) is 6.33 Å². The summed E-state index contributed by atoms with van der Waals surface area (Å²) in [5.41, 5.74) is 0.981. The molecule has 1 aromatic carbocycles. The molecule has 18 heavy (non-hydrogen) atoms. The monoisotopic (exact) mass is 285 g/mol. The zero-order valence-corrected chi connectivity index (χ0v) is 11.4. The summed E-state index contributed by atoms with van der Waals surface area (Å²) in [7, 11) is 0. The first-order chi connectivity index (χ1) is 8.66. The molecule has 0 bridgehead atoms. The van der Waals surface area contributed by atoms with Gasteiger partial charge in [0.1, 0.15) is 0 Å². The number of nitrogens with zero attached hydrogens (tertiary/aromatic N) is 2. The lowest BCUT2D eigenvalue weighted by molar-refractivity contribution is 0.372. The number of aromatic nitrogens is 2. The first-order valence-electron chi connectivity index (χ1n) is 5.60. The highest BCUT2D eigenvalue weighted by molar-refractivity contribution is 6.33. The molecule has 2 aromatic rings. The summed E-state index contributed by atoms with van der Waals surface area (Å²) in [5.74, 6) is 0.617. The van der Waals surface area contributed by atoms with Crippen molar-refractivity contribution in [3.05, 3.63) is 46.0 Å². The maximum atomic E-state index is 6.13. The molecule has 1 aromatic heterocycles. The fraction of sp³-hybridized carbons (Fsp3) is 0.333. The van der Waals surface area contributed by atoms with Crippen molar-refractivity contribution in [1.29, 1.82) is 0 Å².